The summed E-state index contributed by atoms with van der Waals surface area (Å²) in [5.41, 5.74) is 0.970. The van der Waals surface area contributed by atoms with E-state index in [0.717, 1.165) is 18.4 Å². The van der Waals surface area contributed by atoms with Gasteiger partial charge in [0.15, 0.2) is 11.5 Å². The van der Waals surface area contributed by atoms with E-state index in [1.807, 2.05) is 18.2 Å². The molecule has 0 bridgehead atoms. The molecule has 0 amide bonds. The fraction of sp³-hybridized carbons (Fsp3) is 0.636. The molecular weight excluding hydrogens is 328 g/mol. The minimum absolute atomic E-state index is 0.358. The number of methoxy groups -OCH3 is 2. The summed E-state index contributed by atoms with van der Waals surface area (Å²) in [5.74, 6) is 1.36. The average molecular weight is 365 g/mol. The topological polar surface area (TPSA) is 47.9 Å². The monoisotopic (exact) mass is 364 g/mol. The summed E-state index contributed by atoms with van der Waals surface area (Å²) in [5, 5.41) is 10.4. The van der Waals surface area contributed by atoms with Gasteiger partial charge in [0.1, 0.15) is 6.10 Å². The van der Waals surface area contributed by atoms with Crippen LogP contribution in [-0.4, -0.2) is 31.5 Å². The third-order valence-corrected chi connectivity index (χ3v) is 4.61. The lowest BCUT2D eigenvalue weighted by Gasteiger charge is -2.20. The molecule has 0 saturated carbocycles. The Morgan fingerprint density at radius 1 is 1.00 bits per heavy atom. The molecule has 0 heterocycles. The number of benzene rings is 1. The number of hydrogen-bond acceptors (Lipinski definition) is 4. The molecule has 0 fully saturated rings. The van der Waals surface area contributed by atoms with Crippen LogP contribution >= 0.6 is 0 Å². The van der Waals surface area contributed by atoms with Crippen molar-refractivity contribution >= 4 is 0 Å². The number of ether oxygens (including phenoxy) is 3. The molecule has 0 aliphatic rings. The highest BCUT2D eigenvalue weighted by atomic mass is 16.5. The van der Waals surface area contributed by atoms with Crippen LogP contribution in [-0.2, 0) is 11.3 Å². The van der Waals surface area contributed by atoms with Gasteiger partial charge in [-0.2, -0.15) is 0 Å². The first-order valence-electron chi connectivity index (χ1n) is 9.79. The van der Waals surface area contributed by atoms with Crippen LogP contribution in [0.5, 0.6) is 11.5 Å². The minimum atomic E-state index is -0.511. The number of rotatable bonds is 15. The van der Waals surface area contributed by atoms with Crippen LogP contribution < -0.4 is 9.47 Å². The first kappa shape index (κ1) is 22.5. The smallest absolute Gasteiger partial charge is 0.161 e. The zero-order chi connectivity index (χ0) is 19.2. The summed E-state index contributed by atoms with van der Waals surface area (Å²) < 4.78 is 16.4. The fourth-order valence-electron chi connectivity index (χ4n) is 2.97. The summed E-state index contributed by atoms with van der Waals surface area (Å²) in [6.07, 6.45) is 10.2. The molecule has 1 rings (SSSR count). The van der Waals surface area contributed by atoms with E-state index in [1.54, 1.807) is 20.3 Å². The molecule has 0 spiro atoms. The van der Waals surface area contributed by atoms with Crippen molar-refractivity contribution in [3.05, 3.63) is 36.4 Å². The van der Waals surface area contributed by atoms with Gasteiger partial charge in [-0.05, 0) is 24.1 Å². The third kappa shape index (κ3) is 8.24. The fourth-order valence-corrected chi connectivity index (χ4v) is 2.97. The standard InChI is InChI=1S/C22H36O4/c1-5-7-8-9-10-11-12-13-19(23)20(6-2)26-17-18-14-15-21(24-3)22(16-18)25-4/h6,14-16,19-20,23H,2,5,7-13,17H2,1,3-4H3. The van der Waals surface area contributed by atoms with Gasteiger partial charge in [0.05, 0.1) is 26.9 Å². The van der Waals surface area contributed by atoms with Crippen molar-refractivity contribution in [1.82, 2.24) is 0 Å². The van der Waals surface area contributed by atoms with Crippen molar-refractivity contribution < 1.29 is 19.3 Å². The van der Waals surface area contributed by atoms with E-state index in [2.05, 4.69) is 13.5 Å². The predicted octanol–water partition coefficient (Wildman–Crippen LogP) is 5.28. The zero-order valence-electron chi connectivity index (χ0n) is 16.7. The molecular formula is C22H36O4. The molecule has 4 heteroatoms. The molecule has 0 aliphatic heterocycles. The largest absolute Gasteiger partial charge is 0.493 e. The van der Waals surface area contributed by atoms with Gasteiger partial charge in [-0.1, -0.05) is 64.0 Å². The third-order valence-electron chi connectivity index (χ3n) is 4.61. The van der Waals surface area contributed by atoms with E-state index in [0.29, 0.717) is 18.1 Å². The maximum absolute atomic E-state index is 10.4. The molecule has 0 aliphatic carbocycles. The van der Waals surface area contributed by atoms with Crippen molar-refractivity contribution in [2.24, 2.45) is 0 Å². The van der Waals surface area contributed by atoms with Gasteiger partial charge >= 0.3 is 0 Å². The van der Waals surface area contributed by atoms with Crippen molar-refractivity contribution in [2.45, 2.75) is 77.1 Å². The molecule has 26 heavy (non-hydrogen) atoms. The molecule has 1 aromatic carbocycles. The molecule has 2 unspecified atom stereocenters. The van der Waals surface area contributed by atoms with Crippen LogP contribution in [0.15, 0.2) is 30.9 Å². The van der Waals surface area contributed by atoms with Crippen LogP contribution in [0.4, 0.5) is 0 Å². The lowest BCUT2D eigenvalue weighted by Crippen LogP contribution is -2.26. The number of aliphatic hydroxyl groups excluding tert-OH is 1. The molecule has 1 N–H and O–H groups in total. The second kappa shape index (κ2) is 13.7. The molecule has 0 radical (unpaired) electrons. The summed E-state index contributed by atoms with van der Waals surface area (Å²) in [6.45, 7) is 6.43. The Labute approximate surface area is 159 Å². The van der Waals surface area contributed by atoms with Gasteiger partial charge in [0, 0.05) is 0 Å². The van der Waals surface area contributed by atoms with E-state index in [9.17, 15) is 5.11 Å². The second-order valence-electron chi connectivity index (χ2n) is 6.68. The van der Waals surface area contributed by atoms with Gasteiger partial charge < -0.3 is 19.3 Å². The van der Waals surface area contributed by atoms with E-state index in [-0.39, 0.29) is 6.10 Å². The Balaban J connectivity index is 2.36. The first-order chi connectivity index (χ1) is 12.7. The van der Waals surface area contributed by atoms with Crippen LogP contribution in [0.25, 0.3) is 0 Å². The van der Waals surface area contributed by atoms with E-state index < -0.39 is 6.10 Å². The minimum Gasteiger partial charge on any atom is -0.493 e. The number of hydrogen-bond donors (Lipinski definition) is 1. The highest BCUT2D eigenvalue weighted by Crippen LogP contribution is 2.28. The predicted molar refractivity (Wildman–Crippen MR) is 107 cm³/mol. The number of unbranched alkanes of at least 4 members (excludes halogenated alkanes) is 6. The zero-order valence-corrected chi connectivity index (χ0v) is 16.7. The van der Waals surface area contributed by atoms with Gasteiger partial charge in [-0.25, -0.2) is 0 Å². The molecule has 148 valence electrons. The average Bonchev–Trinajstić information content (AvgIpc) is 2.67. The highest BCUT2D eigenvalue weighted by Gasteiger charge is 2.16. The summed E-state index contributed by atoms with van der Waals surface area (Å²) >= 11 is 0. The lowest BCUT2D eigenvalue weighted by atomic mass is 10.0. The van der Waals surface area contributed by atoms with Gasteiger partial charge in [0.2, 0.25) is 0 Å². The van der Waals surface area contributed by atoms with Crippen LogP contribution in [0.3, 0.4) is 0 Å². The Kier molecular flexibility index (Phi) is 11.8. The van der Waals surface area contributed by atoms with Crippen molar-refractivity contribution in [3.8, 4) is 11.5 Å². The molecule has 4 nitrogen and oxygen atoms in total. The second-order valence-corrected chi connectivity index (χ2v) is 6.68. The van der Waals surface area contributed by atoms with Gasteiger partial charge in [-0.3, -0.25) is 0 Å². The number of aliphatic hydroxyl groups is 1. The van der Waals surface area contributed by atoms with Crippen molar-refractivity contribution in [2.75, 3.05) is 14.2 Å². The molecule has 0 aromatic heterocycles. The normalized spacial score (nSPS) is 13.2. The summed E-state index contributed by atoms with van der Waals surface area (Å²) in [6, 6.07) is 5.68. The molecule has 0 saturated heterocycles. The van der Waals surface area contributed by atoms with E-state index in [1.165, 1.54) is 38.5 Å². The maximum atomic E-state index is 10.4. The van der Waals surface area contributed by atoms with Crippen LogP contribution in [0.2, 0.25) is 0 Å². The first-order valence-corrected chi connectivity index (χ1v) is 9.79. The summed E-state index contributed by atoms with van der Waals surface area (Å²) in [4.78, 5) is 0. The molecule has 2 atom stereocenters. The van der Waals surface area contributed by atoms with Crippen molar-refractivity contribution in [1.29, 1.82) is 0 Å². The van der Waals surface area contributed by atoms with Crippen molar-refractivity contribution in [3.63, 3.8) is 0 Å². The Bertz CT molecular complexity index is 501. The Morgan fingerprint density at radius 2 is 1.65 bits per heavy atom. The van der Waals surface area contributed by atoms with Crippen LogP contribution in [0.1, 0.15) is 63.9 Å². The maximum Gasteiger partial charge on any atom is 0.161 e. The highest BCUT2D eigenvalue weighted by molar-refractivity contribution is 5.42. The van der Waals surface area contributed by atoms with Gasteiger partial charge in [0.25, 0.3) is 0 Å². The Morgan fingerprint density at radius 3 is 2.27 bits per heavy atom. The van der Waals surface area contributed by atoms with E-state index in [4.69, 9.17) is 14.2 Å². The quantitative estimate of drug-likeness (QED) is 0.340. The Hall–Kier alpha value is -1.52. The van der Waals surface area contributed by atoms with Crippen LogP contribution in [0, 0.1) is 0 Å². The SMILES string of the molecule is C=CC(OCc1ccc(OC)c(OC)c1)C(O)CCCCCCCCC. The molecule has 1 aromatic rings. The van der Waals surface area contributed by atoms with Gasteiger partial charge in [-0.15, -0.1) is 6.58 Å². The van der Waals surface area contributed by atoms with E-state index >= 15 is 0 Å². The lowest BCUT2D eigenvalue weighted by molar-refractivity contribution is -0.0224. The summed E-state index contributed by atoms with van der Waals surface area (Å²) in [7, 11) is 3.23.